The highest BCUT2D eigenvalue weighted by Crippen LogP contribution is 2.37. The topological polar surface area (TPSA) is 109 Å². The number of pyridine rings is 1. The van der Waals surface area contributed by atoms with Crippen LogP contribution in [0.5, 0.6) is 0 Å². The van der Waals surface area contributed by atoms with E-state index in [1.165, 1.54) is 10.4 Å². The summed E-state index contributed by atoms with van der Waals surface area (Å²) >= 11 is 1.87. The summed E-state index contributed by atoms with van der Waals surface area (Å²) in [6.07, 6.45) is -3.03. The summed E-state index contributed by atoms with van der Waals surface area (Å²) in [5.74, 6) is -5.51. The molecule has 2 aromatic heterocycles. The smallest absolute Gasteiger partial charge is 0.475 e. The van der Waals surface area contributed by atoms with Crippen LogP contribution in [-0.4, -0.2) is 75.8 Å². The van der Waals surface area contributed by atoms with Gasteiger partial charge in [-0.05, 0) is 48.4 Å². The highest BCUT2D eigenvalue weighted by atomic mass is 32.1. The van der Waals surface area contributed by atoms with Gasteiger partial charge in [-0.15, -0.1) is 11.3 Å². The van der Waals surface area contributed by atoms with Crippen LogP contribution in [0.15, 0.2) is 36.0 Å². The monoisotopic (exact) mass is 586 g/mol. The summed E-state index contributed by atoms with van der Waals surface area (Å²) in [4.78, 5) is 26.0. The molecule has 0 amide bonds. The Labute approximate surface area is 224 Å². The van der Waals surface area contributed by atoms with E-state index in [-0.39, 0.29) is 11.7 Å². The van der Waals surface area contributed by atoms with Crippen LogP contribution in [-0.2, 0) is 32.2 Å². The third-order valence-corrected chi connectivity index (χ3v) is 6.98. The van der Waals surface area contributed by atoms with Crippen molar-refractivity contribution in [1.29, 1.82) is 0 Å². The van der Waals surface area contributed by atoms with Crippen LogP contribution < -0.4 is 0 Å². The van der Waals surface area contributed by atoms with Gasteiger partial charge >= 0.3 is 24.3 Å². The van der Waals surface area contributed by atoms with Crippen LogP contribution in [0.1, 0.15) is 35.3 Å². The van der Waals surface area contributed by atoms with Crippen LogP contribution in [0.4, 0.5) is 26.3 Å². The molecule has 4 heterocycles. The predicted molar refractivity (Wildman–Crippen MR) is 127 cm³/mol. The molecule has 2 saturated heterocycles. The zero-order valence-corrected chi connectivity index (χ0v) is 21.6. The Kier molecular flexibility index (Phi) is 11.7. The number of aliphatic carboxylic acids is 2. The van der Waals surface area contributed by atoms with Crippen LogP contribution in [0.3, 0.4) is 0 Å². The number of thiophene rings is 1. The Morgan fingerprint density at radius 3 is 2.18 bits per heavy atom. The van der Waals surface area contributed by atoms with Gasteiger partial charge in [-0.25, -0.2) is 9.59 Å². The molecule has 2 aliphatic rings. The van der Waals surface area contributed by atoms with Gasteiger partial charge in [0.15, 0.2) is 0 Å². The number of alkyl halides is 6. The minimum absolute atomic E-state index is 0.0423. The van der Waals surface area contributed by atoms with Gasteiger partial charge in [0, 0.05) is 43.3 Å². The van der Waals surface area contributed by atoms with Gasteiger partial charge in [0.1, 0.15) is 0 Å². The quantitative estimate of drug-likeness (QED) is 0.469. The number of halogens is 6. The molecular formula is C24H28F6N2O6S. The molecule has 0 bridgehead atoms. The lowest BCUT2D eigenvalue weighted by Crippen LogP contribution is -2.43. The number of aryl methyl sites for hydroxylation is 1. The molecule has 8 nitrogen and oxygen atoms in total. The third-order valence-electron chi connectivity index (χ3n) is 5.97. The number of carbonyl (C=O) groups is 2. The zero-order chi connectivity index (χ0) is 29.3. The molecular weight excluding hydrogens is 558 g/mol. The fraction of sp³-hybridized carbons (Fsp3) is 0.542. The van der Waals surface area contributed by atoms with Crippen molar-refractivity contribution in [3.8, 4) is 0 Å². The molecule has 0 radical (unpaired) electrons. The number of carboxylic acid groups (broad SMARTS) is 2. The molecule has 218 valence electrons. The number of hydrogen-bond acceptors (Lipinski definition) is 7. The second-order valence-electron chi connectivity index (χ2n) is 8.90. The van der Waals surface area contributed by atoms with Crippen molar-refractivity contribution in [2.24, 2.45) is 0 Å². The van der Waals surface area contributed by atoms with E-state index in [0.717, 1.165) is 51.1 Å². The van der Waals surface area contributed by atoms with Crippen molar-refractivity contribution in [2.45, 2.75) is 63.4 Å². The van der Waals surface area contributed by atoms with E-state index in [0.29, 0.717) is 6.61 Å². The maximum absolute atomic E-state index is 10.6. The second kappa shape index (κ2) is 14.1. The number of likely N-dealkylation sites (tertiary alicyclic amines) is 1. The molecule has 15 heteroatoms. The lowest BCUT2D eigenvalue weighted by molar-refractivity contribution is -0.193. The summed E-state index contributed by atoms with van der Waals surface area (Å²) in [5, 5.41) is 16.4. The van der Waals surface area contributed by atoms with Crippen LogP contribution in [0, 0.1) is 6.92 Å². The lowest BCUT2D eigenvalue weighted by Gasteiger charge is -2.38. The van der Waals surface area contributed by atoms with E-state index in [2.05, 4.69) is 34.3 Å². The number of carboxylic acids is 2. The van der Waals surface area contributed by atoms with Gasteiger partial charge in [0.25, 0.3) is 0 Å². The summed E-state index contributed by atoms with van der Waals surface area (Å²) in [5.41, 5.74) is 2.59. The van der Waals surface area contributed by atoms with Crippen molar-refractivity contribution in [2.75, 3.05) is 19.7 Å². The van der Waals surface area contributed by atoms with Crippen molar-refractivity contribution in [3.05, 3.63) is 52.0 Å². The molecule has 2 aliphatic heterocycles. The first kappa shape index (κ1) is 32.5. The maximum atomic E-state index is 10.6. The number of rotatable bonds is 5. The normalized spacial score (nSPS) is 19.0. The first-order valence-corrected chi connectivity index (χ1v) is 12.5. The summed E-state index contributed by atoms with van der Waals surface area (Å²) in [6, 6.07) is 6.23. The number of piperidine rings is 1. The Hall–Kier alpha value is -2.75. The number of aromatic nitrogens is 1. The minimum Gasteiger partial charge on any atom is -0.475 e. The molecule has 1 spiro atoms. The lowest BCUT2D eigenvalue weighted by atomic mass is 9.88. The molecule has 39 heavy (non-hydrogen) atoms. The molecule has 2 aromatic rings. The van der Waals surface area contributed by atoms with Gasteiger partial charge in [0.05, 0.1) is 24.9 Å². The van der Waals surface area contributed by atoms with Crippen LogP contribution in [0.2, 0.25) is 0 Å². The van der Waals surface area contributed by atoms with Gasteiger partial charge in [-0.1, -0.05) is 6.07 Å². The second-order valence-corrected chi connectivity index (χ2v) is 9.90. The number of hydrogen-bond donors (Lipinski definition) is 2. The van der Waals surface area contributed by atoms with E-state index in [1.54, 1.807) is 6.20 Å². The number of nitrogens with zero attached hydrogens (tertiary/aromatic N) is 2. The maximum Gasteiger partial charge on any atom is 0.490 e. The van der Waals surface area contributed by atoms with E-state index in [4.69, 9.17) is 29.3 Å². The van der Waals surface area contributed by atoms with Crippen molar-refractivity contribution >= 4 is 23.3 Å². The summed E-state index contributed by atoms with van der Waals surface area (Å²) < 4.78 is 75.8. The highest BCUT2D eigenvalue weighted by Gasteiger charge is 2.43. The van der Waals surface area contributed by atoms with E-state index in [1.807, 2.05) is 23.6 Å². The van der Waals surface area contributed by atoms with E-state index in [9.17, 15) is 26.3 Å². The average Bonchev–Trinajstić information content (AvgIpc) is 3.45. The molecule has 0 saturated carbocycles. The fourth-order valence-electron chi connectivity index (χ4n) is 3.84. The Morgan fingerprint density at radius 2 is 1.72 bits per heavy atom. The average molecular weight is 587 g/mol. The molecule has 4 rings (SSSR count). The standard InChI is InChI=1S/C20H26N2O2S.2C2HF3O2/c1-16-4-10-25-19(16)13-22-8-5-20(6-9-22)11-18(15-24-20)23-14-17-3-2-7-21-12-17;2*3-2(4,5)1(6)7/h2-4,7,10,12,18H,5-6,8-9,11,13-15H2,1H3;2*(H,6,7). The Bertz CT molecular complexity index is 1030. The molecule has 0 aliphatic carbocycles. The Balaban J connectivity index is 0.000000317. The summed E-state index contributed by atoms with van der Waals surface area (Å²) in [7, 11) is 0. The third kappa shape index (κ3) is 11.1. The van der Waals surface area contributed by atoms with E-state index < -0.39 is 24.3 Å². The summed E-state index contributed by atoms with van der Waals surface area (Å²) in [6.45, 7) is 6.88. The van der Waals surface area contributed by atoms with Gasteiger partial charge < -0.3 is 19.7 Å². The van der Waals surface area contributed by atoms with Crippen LogP contribution >= 0.6 is 11.3 Å². The zero-order valence-electron chi connectivity index (χ0n) is 20.8. The number of ether oxygens (including phenoxy) is 2. The van der Waals surface area contributed by atoms with Crippen molar-refractivity contribution < 1.29 is 55.6 Å². The molecule has 2 N–H and O–H groups in total. The first-order valence-electron chi connectivity index (χ1n) is 11.6. The predicted octanol–water partition coefficient (Wildman–Crippen LogP) is 5.06. The largest absolute Gasteiger partial charge is 0.490 e. The SMILES string of the molecule is Cc1ccsc1CN1CCC2(CC1)CC(OCc1cccnc1)CO2.O=C(O)C(F)(F)F.O=C(O)C(F)(F)F. The van der Waals surface area contributed by atoms with Gasteiger partial charge in [0.2, 0.25) is 0 Å². The van der Waals surface area contributed by atoms with Gasteiger partial charge in [-0.2, -0.15) is 26.3 Å². The molecule has 1 unspecified atom stereocenters. The van der Waals surface area contributed by atoms with Gasteiger partial charge in [-0.3, -0.25) is 9.88 Å². The Morgan fingerprint density at radius 1 is 1.13 bits per heavy atom. The van der Waals surface area contributed by atoms with Crippen molar-refractivity contribution in [1.82, 2.24) is 9.88 Å². The van der Waals surface area contributed by atoms with Crippen LogP contribution in [0.25, 0.3) is 0 Å². The highest BCUT2D eigenvalue weighted by molar-refractivity contribution is 7.10. The molecule has 1 atom stereocenters. The molecule has 2 fully saturated rings. The van der Waals surface area contributed by atoms with Crippen molar-refractivity contribution in [3.63, 3.8) is 0 Å². The fourth-order valence-corrected chi connectivity index (χ4v) is 4.79. The van der Waals surface area contributed by atoms with E-state index >= 15 is 0 Å². The molecule has 0 aromatic carbocycles. The minimum atomic E-state index is -5.08. The first-order chi connectivity index (χ1) is 18.1.